The van der Waals surface area contributed by atoms with Gasteiger partial charge < -0.3 is 5.32 Å². The minimum atomic E-state index is -0.125. The third-order valence-electron chi connectivity index (χ3n) is 7.01. The van der Waals surface area contributed by atoms with Gasteiger partial charge in [0.15, 0.2) is 0 Å². The monoisotopic (exact) mass is 344 g/mol. The lowest BCUT2D eigenvalue weighted by Crippen LogP contribution is -2.46. The number of hydrogen-bond acceptors (Lipinski definition) is 3. The molecule has 0 radical (unpaired) electrons. The summed E-state index contributed by atoms with van der Waals surface area (Å²) in [5, 5.41) is 2.85. The summed E-state index contributed by atoms with van der Waals surface area (Å²) in [7, 11) is 0. The second-order valence-corrected chi connectivity index (χ2v) is 8.76. The maximum Gasteiger partial charge on any atom is 0.244 e. The summed E-state index contributed by atoms with van der Waals surface area (Å²) in [6.45, 7) is 2.74. The van der Waals surface area contributed by atoms with Crippen molar-refractivity contribution in [3.8, 4) is 0 Å². The zero-order valence-corrected chi connectivity index (χ0v) is 15.1. The van der Waals surface area contributed by atoms with Crippen LogP contribution in [0.2, 0.25) is 0 Å². The first-order chi connectivity index (χ1) is 11.9. The van der Waals surface area contributed by atoms with Gasteiger partial charge >= 0.3 is 0 Å². The molecule has 1 N–H and O–H groups in total. The van der Waals surface area contributed by atoms with Crippen molar-refractivity contribution in [3.05, 3.63) is 11.6 Å². The third-order valence-corrected chi connectivity index (χ3v) is 7.01. The van der Waals surface area contributed by atoms with Crippen molar-refractivity contribution in [1.82, 2.24) is 10.2 Å². The minimum Gasteiger partial charge on any atom is -0.351 e. The molecule has 5 nitrogen and oxygen atoms in total. The van der Waals surface area contributed by atoms with Gasteiger partial charge in [-0.1, -0.05) is 5.57 Å². The summed E-state index contributed by atoms with van der Waals surface area (Å²) < 4.78 is 0. The lowest BCUT2D eigenvalue weighted by Gasteiger charge is -2.57. The Labute approximate surface area is 149 Å². The predicted octanol–water partition coefficient (Wildman–Crippen LogP) is 2.41. The van der Waals surface area contributed by atoms with Crippen LogP contribution in [0.4, 0.5) is 0 Å². The van der Waals surface area contributed by atoms with Crippen LogP contribution >= 0.6 is 0 Å². The lowest BCUT2D eigenvalue weighted by molar-refractivity contribution is -0.138. The van der Waals surface area contributed by atoms with Crippen molar-refractivity contribution >= 4 is 17.7 Å². The average Bonchev–Trinajstić information content (AvgIpc) is 2.85. The molecule has 136 valence electrons. The fourth-order valence-corrected chi connectivity index (χ4v) is 6.16. The fourth-order valence-electron chi connectivity index (χ4n) is 6.16. The number of nitrogens with one attached hydrogen (secondary N) is 1. The molecule has 5 aliphatic rings. The second kappa shape index (κ2) is 6.26. The van der Waals surface area contributed by atoms with Gasteiger partial charge in [-0.05, 0) is 68.6 Å². The average molecular weight is 344 g/mol. The number of nitrogens with zero attached hydrogens (tertiary/aromatic N) is 1. The molecule has 5 heteroatoms. The van der Waals surface area contributed by atoms with E-state index in [1.54, 1.807) is 6.08 Å². The molecular formula is C20H28N2O3. The van der Waals surface area contributed by atoms with Gasteiger partial charge in [-0.15, -0.1) is 0 Å². The van der Waals surface area contributed by atoms with Crippen LogP contribution in [0.5, 0.6) is 0 Å². The quantitative estimate of drug-likeness (QED) is 0.615. The molecule has 4 aliphatic carbocycles. The summed E-state index contributed by atoms with van der Waals surface area (Å²) in [5.41, 5.74) is 1.49. The van der Waals surface area contributed by atoms with E-state index in [1.807, 2.05) is 0 Å². The van der Waals surface area contributed by atoms with Crippen molar-refractivity contribution in [1.29, 1.82) is 0 Å². The van der Waals surface area contributed by atoms with Gasteiger partial charge in [-0.25, -0.2) is 0 Å². The van der Waals surface area contributed by atoms with Gasteiger partial charge in [0.1, 0.15) is 0 Å². The van der Waals surface area contributed by atoms with Gasteiger partial charge in [0.25, 0.3) is 0 Å². The first-order valence-corrected chi connectivity index (χ1v) is 9.75. The third kappa shape index (κ3) is 3.13. The van der Waals surface area contributed by atoms with E-state index in [2.05, 4.69) is 12.2 Å². The van der Waals surface area contributed by atoms with Crippen LogP contribution in [0.1, 0.15) is 58.3 Å². The molecule has 4 saturated carbocycles. The molecule has 1 heterocycles. The Balaban J connectivity index is 1.33. The summed E-state index contributed by atoms with van der Waals surface area (Å²) >= 11 is 0. The SMILES string of the molecule is C/C(=C/C(=O)NCCN1C(=O)CCC1=O)C12CC3CC(CC(C3)C1)C2. The highest BCUT2D eigenvalue weighted by Crippen LogP contribution is 2.62. The molecule has 0 unspecified atom stereocenters. The Morgan fingerprint density at radius 1 is 1.08 bits per heavy atom. The zero-order chi connectivity index (χ0) is 17.6. The Morgan fingerprint density at radius 3 is 2.12 bits per heavy atom. The van der Waals surface area contributed by atoms with Crippen molar-refractivity contribution in [2.24, 2.45) is 23.2 Å². The van der Waals surface area contributed by atoms with E-state index in [1.165, 1.54) is 49.0 Å². The van der Waals surface area contributed by atoms with Crippen LogP contribution in [0.25, 0.3) is 0 Å². The molecule has 0 aromatic carbocycles. The van der Waals surface area contributed by atoms with Gasteiger partial charge in [0.05, 0.1) is 0 Å². The molecule has 25 heavy (non-hydrogen) atoms. The van der Waals surface area contributed by atoms with Crippen molar-refractivity contribution in [3.63, 3.8) is 0 Å². The Hall–Kier alpha value is -1.65. The van der Waals surface area contributed by atoms with Crippen LogP contribution in [-0.4, -0.2) is 35.7 Å². The highest BCUT2D eigenvalue weighted by Gasteiger charge is 2.51. The second-order valence-electron chi connectivity index (χ2n) is 8.76. The van der Waals surface area contributed by atoms with E-state index in [-0.39, 0.29) is 29.7 Å². The van der Waals surface area contributed by atoms with E-state index in [0.717, 1.165) is 17.8 Å². The highest BCUT2D eigenvalue weighted by molar-refractivity contribution is 6.02. The number of rotatable bonds is 5. The number of carbonyl (C=O) groups excluding carboxylic acids is 3. The summed E-state index contributed by atoms with van der Waals surface area (Å²) in [5.74, 6) is 2.26. The van der Waals surface area contributed by atoms with E-state index in [0.29, 0.717) is 19.4 Å². The Morgan fingerprint density at radius 2 is 1.60 bits per heavy atom. The van der Waals surface area contributed by atoms with E-state index in [9.17, 15) is 14.4 Å². The van der Waals surface area contributed by atoms with Gasteiger partial charge in [-0.3, -0.25) is 19.3 Å². The van der Waals surface area contributed by atoms with Crippen molar-refractivity contribution < 1.29 is 14.4 Å². The highest BCUT2D eigenvalue weighted by atomic mass is 16.2. The van der Waals surface area contributed by atoms with Crippen molar-refractivity contribution in [2.45, 2.75) is 58.3 Å². The van der Waals surface area contributed by atoms with Gasteiger partial charge in [0.2, 0.25) is 17.7 Å². The maximum absolute atomic E-state index is 12.3. The fraction of sp³-hybridized carbons (Fsp3) is 0.750. The minimum absolute atomic E-state index is 0.0904. The normalized spacial score (nSPS) is 37.1. The molecule has 0 aromatic rings. The molecule has 1 saturated heterocycles. The molecule has 0 atom stereocenters. The van der Waals surface area contributed by atoms with Crippen LogP contribution in [0.15, 0.2) is 11.6 Å². The molecular weight excluding hydrogens is 316 g/mol. The number of amides is 3. The first-order valence-electron chi connectivity index (χ1n) is 9.75. The first kappa shape index (κ1) is 16.8. The van der Waals surface area contributed by atoms with E-state index >= 15 is 0 Å². The van der Waals surface area contributed by atoms with Gasteiger partial charge in [0, 0.05) is 32.0 Å². The predicted molar refractivity (Wildman–Crippen MR) is 93.3 cm³/mol. The lowest BCUT2D eigenvalue weighted by atomic mass is 9.48. The van der Waals surface area contributed by atoms with Crippen molar-refractivity contribution in [2.75, 3.05) is 13.1 Å². The summed E-state index contributed by atoms with van der Waals surface area (Å²) in [6, 6.07) is 0. The number of allylic oxidation sites excluding steroid dienone is 1. The van der Waals surface area contributed by atoms with E-state index in [4.69, 9.17) is 0 Å². The molecule has 4 bridgehead atoms. The van der Waals surface area contributed by atoms with Crippen LogP contribution in [-0.2, 0) is 14.4 Å². The molecule has 1 aliphatic heterocycles. The van der Waals surface area contributed by atoms with Crippen LogP contribution in [0.3, 0.4) is 0 Å². The van der Waals surface area contributed by atoms with Crippen LogP contribution in [0, 0.1) is 23.2 Å². The van der Waals surface area contributed by atoms with Gasteiger partial charge in [-0.2, -0.15) is 0 Å². The smallest absolute Gasteiger partial charge is 0.244 e. The summed E-state index contributed by atoms with van der Waals surface area (Å²) in [4.78, 5) is 36.7. The molecule has 0 aromatic heterocycles. The number of hydrogen-bond donors (Lipinski definition) is 1. The molecule has 3 amide bonds. The Kier molecular flexibility index (Phi) is 4.20. The number of imide groups is 1. The molecule has 5 fully saturated rings. The maximum atomic E-state index is 12.3. The topological polar surface area (TPSA) is 66.5 Å². The zero-order valence-electron chi connectivity index (χ0n) is 15.1. The van der Waals surface area contributed by atoms with E-state index < -0.39 is 0 Å². The summed E-state index contributed by atoms with van der Waals surface area (Å²) in [6.07, 6.45) is 10.3. The molecule has 5 rings (SSSR count). The number of likely N-dealkylation sites (tertiary alicyclic amines) is 1. The standard InChI is InChI=1S/C20H28N2O3/c1-13(20-10-14-7-15(11-20)9-16(8-14)12-20)6-17(23)21-4-5-22-18(24)2-3-19(22)25/h6,14-16H,2-5,7-12H2,1H3,(H,21,23)/b13-6-. The Bertz CT molecular complexity index is 586. The number of carbonyl (C=O) groups is 3. The molecule has 0 spiro atoms. The largest absolute Gasteiger partial charge is 0.351 e. The van der Waals surface area contributed by atoms with Crippen LogP contribution < -0.4 is 5.32 Å².